The fourth-order valence-electron chi connectivity index (χ4n) is 6.10. The van der Waals surface area contributed by atoms with E-state index in [1.54, 1.807) is 6.08 Å². The highest BCUT2D eigenvalue weighted by molar-refractivity contribution is 7.47. The van der Waals surface area contributed by atoms with Crippen LogP contribution in [0.3, 0.4) is 0 Å². The van der Waals surface area contributed by atoms with Crippen LogP contribution < -0.4 is 11.1 Å². The van der Waals surface area contributed by atoms with Gasteiger partial charge in [-0.3, -0.25) is 13.8 Å². The largest absolute Gasteiger partial charge is 0.472 e. The lowest BCUT2D eigenvalue weighted by Crippen LogP contribution is -2.46. The zero-order valence-electron chi connectivity index (χ0n) is 33.0. The fourth-order valence-corrected chi connectivity index (χ4v) is 6.86. The van der Waals surface area contributed by atoms with Gasteiger partial charge >= 0.3 is 7.82 Å². The number of aliphatic hydroxyl groups is 2. The number of aliphatic hydroxyl groups excluding tert-OH is 2. The van der Waals surface area contributed by atoms with Crippen LogP contribution >= 0.6 is 7.82 Å². The van der Waals surface area contributed by atoms with Gasteiger partial charge < -0.3 is 26.2 Å². The molecule has 0 radical (unpaired) electrons. The Labute approximate surface area is 313 Å². The number of phosphoric ester groups is 1. The van der Waals surface area contributed by atoms with Crippen molar-refractivity contribution in [1.82, 2.24) is 5.32 Å². The molecule has 1 amide bonds. The molecule has 0 fully saturated rings. The van der Waals surface area contributed by atoms with Crippen molar-refractivity contribution in [3.8, 4) is 0 Å². The lowest BCUT2D eigenvalue weighted by molar-refractivity contribution is -0.124. The van der Waals surface area contributed by atoms with E-state index in [1.807, 2.05) is 6.08 Å². The molecular formula is C41H81N2O7P. The first-order valence-corrected chi connectivity index (χ1v) is 22.5. The van der Waals surface area contributed by atoms with Gasteiger partial charge in [0.1, 0.15) is 0 Å². The Morgan fingerprint density at radius 2 is 1.12 bits per heavy atom. The lowest BCUT2D eigenvalue weighted by Gasteiger charge is -2.24. The maximum atomic E-state index is 12.7. The number of rotatable bonds is 39. The summed E-state index contributed by atoms with van der Waals surface area (Å²) in [5.74, 6) is -0.461. The second-order valence-electron chi connectivity index (χ2n) is 14.4. The molecule has 0 rings (SSSR count). The number of unbranched alkanes of at least 4 members (excludes halogenated alkanes) is 23. The molecule has 0 bridgehead atoms. The molecule has 0 aromatic rings. The van der Waals surface area contributed by atoms with Crippen molar-refractivity contribution in [2.75, 3.05) is 19.8 Å². The van der Waals surface area contributed by atoms with Gasteiger partial charge in [0.25, 0.3) is 0 Å². The van der Waals surface area contributed by atoms with Crippen molar-refractivity contribution in [3.05, 3.63) is 24.3 Å². The molecular weight excluding hydrogens is 663 g/mol. The Morgan fingerprint density at radius 1 is 0.667 bits per heavy atom. The Balaban J connectivity index is 4.25. The SMILES string of the molecule is CCCC/C=C\CCCCC(O)CC(=O)NC(COP(=O)(O)OCCN)C(O)/C=C/CCCCCCCCCCCCCCCCCCCCC. The van der Waals surface area contributed by atoms with Crippen LogP contribution in [0.15, 0.2) is 24.3 Å². The van der Waals surface area contributed by atoms with Crippen molar-refractivity contribution in [3.63, 3.8) is 0 Å². The van der Waals surface area contributed by atoms with Crippen LogP contribution in [0.2, 0.25) is 0 Å². The number of nitrogens with two attached hydrogens (primary N) is 1. The number of hydrogen-bond acceptors (Lipinski definition) is 7. The quantitative estimate of drug-likeness (QED) is 0.0237. The first-order valence-electron chi connectivity index (χ1n) is 21.0. The summed E-state index contributed by atoms with van der Waals surface area (Å²) in [6, 6.07) is -0.985. The monoisotopic (exact) mass is 745 g/mol. The average Bonchev–Trinajstić information content (AvgIpc) is 3.10. The number of carbonyl (C=O) groups is 1. The zero-order chi connectivity index (χ0) is 37.7. The molecule has 4 unspecified atom stereocenters. The molecule has 0 saturated heterocycles. The fraction of sp³-hybridized carbons (Fsp3) is 0.878. The van der Waals surface area contributed by atoms with Gasteiger partial charge in [0.15, 0.2) is 0 Å². The molecule has 0 aromatic heterocycles. The minimum Gasteiger partial charge on any atom is -0.393 e. The molecule has 0 aliphatic heterocycles. The molecule has 0 heterocycles. The predicted molar refractivity (Wildman–Crippen MR) is 214 cm³/mol. The van der Waals surface area contributed by atoms with Crippen LogP contribution in [0.5, 0.6) is 0 Å². The van der Waals surface area contributed by atoms with Gasteiger partial charge in [-0.15, -0.1) is 0 Å². The summed E-state index contributed by atoms with van der Waals surface area (Å²) < 4.78 is 22.0. The maximum absolute atomic E-state index is 12.7. The van der Waals surface area contributed by atoms with Gasteiger partial charge in [0.2, 0.25) is 5.91 Å². The van der Waals surface area contributed by atoms with Gasteiger partial charge in [0.05, 0.1) is 37.9 Å². The van der Waals surface area contributed by atoms with E-state index in [4.69, 9.17) is 14.8 Å². The standard InChI is InChI=1S/C41H81N2O7P/c1-3-5-7-9-11-13-14-15-16-17-18-19-20-21-22-23-24-25-27-29-31-33-40(45)39(37-50-51(47,48)49-35-34-42)43-41(46)36-38(44)32-30-28-26-12-10-8-6-4-2/h10,12,31,33,38-40,44-45H,3-9,11,13-30,32,34-37,42H2,1-2H3,(H,43,46)(H,47,48)/b12-10-,33-31+. The third-order valence-electron chi connectivity index (χ3n) is 9.33. The second kappa shape index (κ2) is 37.3. The van der Waals surface area contributed by atoms with E-state index in [2.05, 4.69) is 31.3 Å². The molecule has 9 nitrogen and oxygen atoms in total. The molecule has 10 heteroatoms. The van der Waals surface area contributed by atoms with E-state index in [0.29, 0.717) is 6.42 Å². The summed E-state index contributed by atoms with van der Waals surface area (Å²) in [6.45, 7) is 3.90. The number of carbonyl (C=O) groups excluding carboxylic acids is 1. The first kappa shape index (κ1) is 49.9. The number of allylic oxidation sites excluding steroid dienone is 3. The van der Waals surface area contributed by atoms with Gasteiger partial charge in [-0.1, -0.05) is 173 Å². The Morgan fingerprint density at radius 3 is 1.63 bits per heavy atom. The van der Waals surface area contributed by atoms with Gasteiger partial charge in [-0.05, 0) is 38.5 Å². The van der Waals surface area contributed by atoms with E-state index >= 15 is 0 Å². The number of amides is 1. The van der Waals surface area contributed by atoms with Crippen LogP contribution in [-0.4, -0.2) is 59.0 Å². The smallest absolute Gasteiger partial charge is 0.393 e. The van der Waals surface area contributed by atoms with Crippen molar-refractivity contribution >= 4 is 13.7 Å². The van der Waals surface area contributed by atoms with Crippen LogP contribution in [0.4, 0.5) is 0 Å². The summed E-state index contributed by atoms with van der Waals surface area (Å²) in [4.78, 5) is 22.6. The van der Waals surface area contributed by atoms with Gasteiger partial charge in [-0.2, -0.15) is 0 Å². The Hall–Kier alpha value is -1.06. The first-order chi connectivity index (χ1) is 24.8. The normalized spacial score (nSPS) is 15.0. The zero-order valence-corrected chi connectivity index (χ0v) is 33.9. The van der Waals surface area contributed by atoms with Crippen LogP contribution in [0.1, 0.15) is 194 Å². The van der Waals surface area contributed by atoms with E-state index < -0.39 is 38.6 Å². The van der Waals surface area contributed by atoms with Crippen molar-refractivity contribution in [2.24, 2.45) is 5.73 Å². The predicted octanol–water partition coefficient (Wildman–Crippen LogP) is 10.4. The summed E-state index contributed by atoms with van der Waals surface area (Å²) >= 11 is 0. The van der Waals surface area contributed by atoms with Crippen molar-refractivity contribution in [1.29, 1.82) is 0 Å². The van der Waals surface area contributed by atoms with E-state index in [0.717, 1.165) is 44.9 Å². The van der Waals surface area contributed by atoms with E-state index in [-0.39, 0.29) is 19.6 Å². The topological polar surface area (TPSA) is 151 Å². The van der Waals surface area contributed by atoms with Crippen molar-refractivity contribution < 1.29 is 33.5 Å². The van der Waals surface area contributed by atoms with Crippen LogP contribution in [0.25, 0.3) is 0 Å². The second-order valence-corrected chi connectivity index (χ2v) is 15.8. The summed E-state index contributed by atoms with van der Waals surface area (Å²) in [7, 11) is -4.39. The average molecular weight is 745 g/mol. The highest BCUT2D eigenvalue weighted by Crippen LogP contribution is 2.43. The van der Waals surface area contributed by atoms with E-state index in [9.17, 15) is 24.5 Å². The van der Waals surface area contributed by atoms with Crippen LogP contribution in [0, 0.1) is 0 Å². The number of hydrogen-bond donors (Lipinski definition) is 5. The molecule has 0 saturated carbocycles. The van der Waals surface area contributed by atoms with Gasteiger partial charge in [0, 0.05) is 6.54 Å². The lowest BCUT2D eigenvalue weighted by atomic mass is 10.0. The number of nitrogens with one attached hydrogen (secondary N) is 1. The molecule has 51 heavy (non-hydrogen) atoms. The number of phosphoric acid groups is 1. The molecule has 302 valence electrons. The van der Waals surface area contributed by atoms with E-state index in [1.165, 1.54) is 122 Å². The Kier molecular flexibility index (Phi) is 36.5. The third kappa shape index (κ3) is 35.7. The maximum Gasteiger partial charge on any atom is 0.472 e. The Bertz CT molecular complexity index is 873. The minimum atomic E-state index is -4.39. The third-order valence-corrected chi connectivity index (χ3v) is 10.3. The summed E-state index contributed by atoms with van der Waals surface area (Å²) in [5.41, 5.74) is 5.35. The molecule has 0 aliphatic rings. The highest BCUT2D eigenvalue weighted by Gasteiger charge is 2.27. The summed E-state index contributed by atoms with van der Waals surface area (Å²) in [5, 5.41) is 23.9. The molecule has 4 atom stereocenters. The summed E-state index contributed by atoms with van der Waals surface area (Å²) in [6.07, 6.45) is 38.6. The molecule has 6 N–H and O–H groups in total. The van der Waals surface area contributed by atoms with Crippen molar-refractivity contribution in [2.45, 2.75) is 212 Å². The molecule has 0 aliphatic carbocycles. The highest BCUT2D eigenvalue weighted by atomic mass is 31.2. The molecule has 0 spiro atoms. The van der Waals surface area contributed by atoms with Crippen LogP contribution in [-0.2, 0) is 18.4 Å². The van der Waals surface area contributed by atoms with Gasteiger partial charge in [-0.25, -0.2) is 4.57 Å². The minimum absolute atomic E-state index is 0.0476. The molecule has 0 aromatic carbocycles.